The van der Waals surface area contributed by atoms with E-state index in [1.54, 1.807) is 0 Å². The number of hydrogen-bond donors (Lipinski definition) is 4. The molecule has 1 aliphatic carbocycles. The van der Waals surface area contributed by atoms with Crippen molar-refractivity contribution in [3.8, 4) is 17.2 Å². The van der Waals surface area contributed by atoms with E-state index >= 15 is 0 Å². The molecule has 0 radical (unpaired) electrons. The van der Waals surface area contributed by atoms with Gasteiger partial charge in [0.05, 0.1) is 6.61 Å². The van der Waals surface area contributed by atoms with E-state index in [2.05, 4.69) is 46.9 Å². The van der Waals surface area contributed by atoms with E-state index in [1.165, 1.54) is 0 Å². The predicted molar refractivity (Wildman–Crippen MR) is 175 cm³/mol. The molecule has 2 aromatic rings. The van der Waals surface area contributed by atoms with Crippen LogP contribution in [-0.2, 0) is 11.0 Å². The van der Waals surface area contributed by atoms with Crippen molar-refractivity contribution in [2.24, 2.45) is 5.92 Å². The van der Waals surface area contributed by atoms with Gasteiger partial charge in [-0.25, -0.2) is 9.79 Å². The summed E-state index contributed by atoms with van der Waals surface area (Å²) >= 11 is 0. The van der Waals surface area contributed by atoms with Crippen LogP contribution in [0.4, 0.5) is 0 Å². The fourth-order valence-electron chi connectivity index (χ4n) is 6.14. The number of benzene rings is 2. The van der Waals surface area contributed by atoms with Gasteiger partial charge < -0.3 is 28.7 Å². The fourth-order valence-corrected chi connectivity index (χ4v) is 12.2. The number of fused-ring (bicyclic) bond motifs is 1. The van der Waals surface area contributed by atoms with Crippen molar-refractivity contribution < 1.29 is 33.2 Å². The van der Waals surface area contributed by atoms with Gasteiger partial charge in [-0.1, -0.05) is 59.7 Å². The monoisotopic (exact) mass is 632 g/mol. The SMILES string of the molecule is CC(C)(C)[Si]1(C(C)(C)C)OCc2cc(OC[C@@H](O)CNCCC3CC=C([P+](O)(O)COc4ccccc4)CC3)ccc2O1. The molecule has 0 saturated carbocycles. The van der Waals surface area contributed by atoms with Crippen LogP contribution in [0.25, 0.3) is 0 Å². The van der Waals surface area contributed by atoms with Crippen LogP contribution in [0.15, 0.2) is 59.9 Å². The van der Waals surface area contributed by atoms with Gasteiger partial charge in [0.1, 0.15) is 35.3 Å². The molecule has 8 nitrogen and oxygen atoms in total. The lowest BCUT2D eigenvalue weighted by molar-refractivity contribution is 0.105. The highest BCUT2D eigenvalue weighted by Crippen LogP contribution is 2.61. The summed E-state index contributed by atoms with van der Waals surface area (Å²) in [6.45, 7) is 15.1. The summed E-state index contributed by atoms with van der Waals surface area (Å²) in [6, 6.07) is 15.1. The summed E-state index contributed by atoms with van der Waals surface area (Å²) in [6.07, 6.45) is 4.63. The molecule has 4 rings (SSSR count). The molecule has 0 saturated heterocycles. The first kappa shape index (κ1) is 33.9. The summed E-state index contributed by atoms with van der Waals surface area (Å²) in [5.74, 6) is 2.67. The Morgan fingerprint density at radius 2 is 1.72 bits per heavy atom. The predicted octanol–water partition coefficient (Wildman–Crippen LogP) is 6.91. The highest BCUT2D eigenvalue weighted by molar-refractivity contribution is 7.68. The van der Waals surface area contributed by atoms with Crippen molar-refractivity contribution >= 4 is 16.3 Å². The zero-order valence-electron chi connectivity index (χ0n) is 26.6. The molecule has 1 unspecified atom stereocenters. The summed E-state index contributed by atoms with van der Waals surface area (Å²) in [7, 11) is -5.82. The number of rotatable bonds is 12. The van der Waals surface area contributed by atoms with Gasteiger partial charge in [0.15, 0.2) is 0 Å². The van der Waals surface area contributed by atoms with E-state index in [9.17, 15) is 14.9 Å². The maximum absolute atomic E-state index is 10.6. The first-order chi connectivity index (χ1) is 20.2. The molecule has 10 heteroatoms. The van der Waals surface area contributed by atoms with Crippen molar-refractivity contribution in [1.29, 1.82) is 0 Å². The third-order valence-electron chi connectivity index (χ3n) is 8.35. The Labute approximate surface area is 259 Å². The van der Waals surface area contributed by atoms with Crippen LogP contribution in [-0.4, -0.2) is 55.6 Å². The average Bonchev–Trinajstić information content (AvgIpc) is 2.96. The smallest absolute Gasteiger partial charge is 0.410 e. The quantitative estimate of drug-likeness (QED) is 0.114. The largest absolute Gasteiger partial charge is 0.519 e. The summed E-state index contributed by atoms with van der Waals surface area (Å²) in [5, 5.41) is 14.4. The Morgan fingerprint density at radius 1 is 1.00 bits per heavy atom. The molecule has 4 N–H and O–H groups in total. The first-order valence-electron chi connectivity index (χ1n) is 15.4. The highest BCUT2D eigenvalue weighted by Gasteiger charge is 2.61. The standard InChI is InChI=1S/C33H51NO7PSi/c1-32(2,3)43(33(4,5)6)40-22-26-20-29(14-17-31(26)41-43)38-23-27(35)21-34-19-18-25-12-15-30(16-13-25)42(36,37)24-39-28-10-8-7-9-11-28/h7-11,14-15,17,20,25,27,34-37H,12-13,16,18-19,21-24H2,1-6H3/q+1/t25?,27-/m0/s1. The van der Waals surface area contributed by atoms with Gasteiger partial charge in [-0.2, -0.15) is 0 Å². The Kier molecular flexibility index (Phi) is 11.0. The normalized spacial score (nSPS) is 19.6. The minimum absolute atomic E-state index is 0.0846. The summed E-state index contributed by atoms with van der Waals surface area (Å²) in [4.78, 5) is 21.3. The molecule has 43 heavy (non-hydrogen) atoms. The molecule has 0 spiro atoms. The van der Waals surface area contributed by atoms with Crippen LogP contribution in [0.3, 0.4) is 0 Å². The zero-order valence-corrected chi connectivity index (χ0v) is 28.5. The molecule has 2 aromatic carbocycles. The van der Waals surface area contributed by atoms with Gasteiger partial charge in [0.25, 0.3) is 6.35 Å². The lowest BCUT2D eigenvalue weighted by Crippen LogP contribution is -2.61. The minimum Gasteiger partial charge on any atom is -0.519 e. The molecule has 1 aliphatic heterocycles. The summed E-state index contributed by atoms with van der Waals surface area (Å²) < 4.78 is 24.7. The number of aliphatic hydroxyl groups is 1. The van der Waals surface area contributed by atoms with Crippen LogP contribution in [0, 0.1) is 5.92 Å². The van der Waals surface area contributed by atoms with Gasteiger partial charge in [-0.15, -0.1) is 0 Å². The lowest BCUT2D eigenvalue weighted by Gasteiger charge is -2.50. The molecule has 0 aromatic heterocycles. The van der Waals surface area contributed by atoms with Crippen LogP contribution in [0.1, 0.15) is 72.8 Å². The van der Waals surface area contributed by atoms with E-state index < -0.39 is 22.4 Å². The Hall–Kier alpha value is -1.97. The highest BCUT2D eigenvalue weighted by atomic mass is 31.2. The minimum atomic E-state index is -3.25. The third-order valence-corrected chi connectivity index (χ3v) is 15.2. The van der Waals surface area contributed by atoms with Gasteiger partial charge in [0.2, 0.25) is 0 Å². The third kappa shape index (κ3) is 8.60. The Morgan fingerprint density at radius 3 is 2.37 bits per heavy atom. The second-order valence-corrected chi connectivity index (χ2v) is 20.9. The maximum Gasteiger partial charge on any atom is 0.410 e. The first-order valence-corrected chi connectivity index (χ1v) is 19.1. The zero-order chi connectivity index (χ0) is 31.3. The van der Waals surface area contributed by atoms with Crippen molar-refractivity contribution in [2.45, 2.75) is 90.0 Å². The molecule has 0 bridgehead atoms. The topological polar surface area (TPSA) is 110 Å². The van der Waals surface area contributed by atoms with Gasteiger partial charge in [-0.05, 0) is 68.1 Å². The maximum atomic E-state index is 10.6. The number of allylic oxidation sites excluding steroid dienone is 2. The number of ether oxygens (including phenoxy) is 2. The average molecular weight is 633 g/mol. The lowest BCUT2D eigenvalue weighted by atomic mass is 9.91. The second kappa shape index (κ2) is 14.0. The molecule has 2 aliphatic rings. The number of para-hydroxylation sites is 1. The van der Waals surface area contributed by atoms with Crippen molar-refractivity contribution in [3.05, 3.63) is 65.5 Å². The van der Waals surface area contributed by atoms with E-state index in [-0.39, 0.29) is 23.0 Å². The molecule has 2 atom stereocenters. The fraction of sp³-hybridized carbons (Fsp3) is 0.576. The summed E-state index contributed by atoms with van der Waals surface area (Å²) in [5.41, 5.74) is 0.969. The van der Waals surface area contributed by atoms with Crippen LogP contribution >= 0.6 is 7.72 Å². The van der Waals surface area contributed by atoms with E-state index in [0.717, 1.165) is 42.4 Å². The van der Waals surface area contributed by atoms with Crippen molar-refractivity contribution in [2.75, 3.05) is 26.0 Å². The molecule has 0 fully saturated rings. The van der Waals surface area contributed by atoms with Crippen LogP contribution in [0.2, 0.25) is 10.1 Å². The van der Waals surface area contributed by atoms with Crippen LogP contribution in [0.5, 0.6) is 17.2 Å². The number of nitrogens with one attached hydrogen (secondary N) is 1. The molecule has 0 amide bonds. The van der Waals surface area contributed by atoms with E-state index in [1.807, 2.05) is 54.6 Å². The van der Waals surface area contributed by atoms with Gasteiger partial charge in [0, 0.05) is 28.6 Å². The molecular formula is C33H51NO7PSi+. The van der Waals surface area contributed by atoms with Gasteiger partial charge >= 0.3 is 16.3 Å². The van der Waals surface area contributed by atoms with Crippen LogP contribution < -0.4 is 19.2 Å². The van der Waals surface area contributed by atoms with Crippen molar-refractivity contribution in [1.82, 2.24) is 5.32 Å². The van der Waals surface area contributed by atoms with E-state index in [0.29, 0.717) is 37.0 Å². The van der Waals surface area contributed by atoms with Gasteiger partial charge in [-0.3, -0.25) is 0 Å². The number of aliphatic hydroxyl groups excluding tert-OH is 1. The van der Waals surface area contributed by atoms with E-state index in [4.69, 9.17) is 18.3 Å². The Balaban J connectivity index is 1.16. The van der Waals surface area contributed by atoms with Crippen molar-refractivity contribution in [3.63, 3.8) is 0 Å². The molecular weight excluding hydrogens is 581 g/mol. The molecule has 1 heterocycles. The number of hydrogen-bond acceptors (Lipinski definition) is 8. The molecule has 238 valence electrons. The second-order valence-electron chi connectivity index (χ2n) is 13.9. The Bertz CT molecular complexity index is 1210.